The Morgan fingerprint density at radius 1 is 0.829 bits per heavy atom. The lowest BCUT2D eigenvalue weighted by molar-refractivity contribution is -0.943. The second-order valence-electron chi connectivity index (χ2n) is 17.1. The molecule has 6 rings (SSSR count). The molecule has 4 aliphatic carbocycles. The minimum Gasteiger partial charge on any atom is -0.456 e. The van der Waals surface area contributed by atoms with Crippen molar-refractivity contribution in [3.63, 3.8) is 0 Å². The summed E-state index contributed by atoms with van der Waals surface area (Å²) in [5, 5.41) is 12.0. The lowest BCUT2D eigenvalue weighted by atomic mass is 9.44. The maximum Gasteiger partial charge on any atom is 0.306 e. The van der Waals surface area contributed by atoms with Gasteiger partial charge in [-0.1, -0.05) is 27.2 Å². The van der Waals surface area contributed by atoms with Gasteiger partial charge in [-0.15, -0.1) is 0 Å². The second-order valence-corrected chi connectivity index (χ2v) is 17.1. The summed E-state index contributed by atoms with van der Waals surface area (Å²) >= 11 is 0. The van der Waals surface area contributed by atoms with Crippen LogP contribution in [0.2, 0.25) is 0 Å². The number of quaternary nitrogens is 2. The van der Waals surface area contributed by atoms with Crippen molar-refractivity contribution in [3.05, 3.63) is 0 Å². The van der Waals surface area contributed by atoms with Gasteiger partial charge in [0, 0.05) is 24.7 Å². The molecular formula is C36H64N2O3+2. The highest BCUT2D eigenvalue weighted by Crippen LogP contribution is 2.67. The molecule has 1 N–H and O–H groups in total. The maximum absolute atomic E-state index is 13.0. The standard InChI is InChI=1S/C36H64N2O3/c1-6-7-14-33(39)41-32-23-26-15-16-27-28(36(26,3)25-31(32)38(5)21-12-9-13-22-38)17-18-35(2)29(27)24-30(34(35)40)37(4)19-10-8-11-20-37/h26-32,34,40H,6-25H2,1-5H3/q+2/t26-,27+,28-,29-,30?,31?,32-,34-,35-,36-/m0/s1. The second kappa shape index (κ2) is 11.4. The van der Waals surface area contributed by atoms with Crippen molar-refractivity contribution in [2.24, 2.45) is 34.5 Å². The molecule has 4 saturated carbocycles. The topological polar surface area (TPSA) is 46.5 Å². The molecule has 234 valence electrons. The van der Waals surface area contributed by atoms with Crippen LogP contribution in [-0.2, 0) is 9.53 Å². The van der Waals surface area contributed by atoms with Gasteiger partial charge < -0.3 is 18.8 Å². The number of carbonyl (C=O) groups excluding carboxylic acids is 1. The van der Waals surface area contributed by atoms with E-state index in [-0.39, 0.29) is 23.6 Å². The van der Waals surface area contributed by atoms with Crippen LogP contribution in [0, 0.1) is 34.5 Å². The number of likely N-dealkylation sites (N-methyl/N-ethyl adjacent to an activating group) is 2. The summed E-state index contributed by atoms with van der Waals surface area (Å²) in [5.41, 5.74) is 0.414. The van der Waals surface area contributed by atoms with Gasteiger partial charge in [0.15, 0.2) is 6.10 Å². The largest absolute Gasteiger partial charge is 0.456 e. The summed E-state index contributed by atoms with van der Waals surface area (Å²) in [4.78, 5) is 13.0. The van der Waals surface area contributed by atoms with Gasteiger partial charge in [0.05, 0.1) is 40.3 Å². The number of hydrogen-bond acceptors (Lipinski definition) is 3. The lowest BCUT2D eigenvalue weighted by Crippen LogP contribution is -2.66. The molecule has 10 atom stereocenters. The fourth-order valence-corrected chi connectivity index (χ4v) is 12.3. The monoisotopic (exact) mass is 572 g/mol. The van der Waals surface area contributed by atoms with Gasteiger partial charge in [0.25, 0.3) is 0 Å². The fraction of sp³-hybridized carbons (Fsp3) is 0.972. The molecule has 0 aromatic carbocycles. The summed E-state index contributed by atoms with van der Waals surface area (Å²) in [6.45, 7) is 12.3. The number of ether oxygens (including phenoxy) is 1. The zero-order valence-corrected chi connectivity index (χ0v) is 27.4. The van der Waals surface area contributed by atoms with E-state index in [4.69, 9.17) is 4.74 Å². The van der Waals surface area contributed by atoms with E-state index in [1.165, 1.54) is 103 Å². The Labute approximate surface area is 251 Å². The first-order valence-corrected chi connectivity index (χ1v) is 18.1. The average molecular weight is 573 g/mol. The number of aliphatic hydroxyl groups excluding tert-OH is 1. The first-order chi connectivity index (χ1) is 19.5. The van der Waals surface area contributed by atoms with E-state index in [0.29, 0.717) is 35.8 Å². The van der Waals surface area contributed by atoms with Crippen LogP contribution in [0.1, 0.15) is 124 Å². The first kappa shape index (κ1) is 30.4. The van der Waals surface area contributed by atoms with Gasteiger partial charge in [-0.3, -0.25) is 4.79 Å². The van der Waals surface area contributed by atoms with E-state index in [9.17, 15) is 9.90 Å². The number of fused-ring (bicyclic) bond motifs is 5. The molecule has 0 aromatic rings. The van der Waals surface area contributed by atoms with Crippen LogP contribution >= 0.6 is 0 Å². The van der Waals surface area contributed by atoms with Crippen LogP contribution < -0.4 is 0 Å². The van der Waals surface area contributed by atoms with E-state index < -0.39 is 0 Å². The quantitative estimate of drug-likeness (QED) is 0.284. The summed E-state index contributed by atoms with van der Waals surface area (Å²) in [5.74, 6) is 2.89. The number of carbonyl (C=O) groups is 1. The molecule has 41 heavy (non-hydrogen) atoms. The molecule has 6 aliphatic rings. The first-order valence-electron chi connectivity index (χ1n) is 18.1. The number of rotatable bonds is 6. The highest BCUT2D eigenvalue weighted by atomic mass is 16.5. The Hall–Kier alpha value is -0.650. The molecule has 5 heteroatoms. The molecule has 6 fully saturated rings. The number of esters is 1. The van der Waals surface area contributed by atoms with E-state index in [2.05, 4.69) is 34.9 Å². The predicted molar refractivity (Wildman–Crippen MR) is 165 cm³/mol. The van der Waals surface area contributed by atoms with Crippen molar-refractivity contribution in [1.82, 2.24) is 0 Å². The van der Waals surface area contributed by atoms with E-state index in [1.807, 2.05) is 0 Å². The smallest absolute Gasteiger partial charge is 0.306 e. The van der Waals surface area contributed by atoms with Crippen LogP contribution in [-0.4, -0.2) is 84.6 Å². The highest BCUT2D eigenvalue weighted by molar-refractivity contribution is 5.69. The predicted octanol–water partition coefficient (Wildman–Crippen LogP) is 6.71. The van der Waals surface area contributed by atoms with Gasteiger partial charge >= 0.3 is 5.97 Å². The van der Waals surface area contributed by atoms with Crippen molar-refractivity contribution < 1.29 is 23.6 Å². The SMILES string of the molecule is CCCCC(=O)O[C@H]1C[C@@H]2CC[C@@H]3[C@H](CC[C@]4(C)[C@@H](O)C([N+]5(C)CCCCC5)C[C@@H]34)[C@@]2(C)CC1[N+]1(C)CCCCC1. The van der Waals surface area contributed by atoms with Crippen LogP contribution in [0.5, 0.6) is 0 Å². The minimum atomic E-state index is -0.147. The number of unbranched alkanes of at least 4 members (excludes halogenated alkanes) is 1. The summed E-state index contributed by atoms with van der Waals surface area (Å²) in [6.07, 6.45) is 19.2. The van der Waals surface area contributed by atoms with Gasteiger partial charge in [0.1, 0.15) is 18.2 Å². The normalized spacial score (nSPS) is 47.1. The van der Waals surface area contributed by atoms with Gasteiger partial charge in [-0.25, -0.2) is 0 Å². The molecule has 0 amide bonds. The third kappa shape index (κ3) is 5.14. The third-order valence-corrected chi connectivity index (χ3v) is 14.9. The van der Waals surface area contributed by atoms with Gasteiger partial charge in [0.2, 0.25) is 0 Å². The molecule has 0 spiro atoms. The van der Waals surface area contributed by atoms with Crippen LogP contribution in [0.15, 0.2) is 0 Å². The van der Waals surface area contributed by atoms with Crippen LogP contribution in [0.25, 0.3) is 0 Å². The van der Waals surface area contributed by atoms with Gasteiger partial charge in [-0.2, -0.15) is 0 Å². The fourth-order valence-electron chi connectivity index (χ4n) is 12.3. The number of nitrogens with zero attached hydrogens (tertiary/aromatic N) is 2. The molecule has 2 aliphatic heterocycles. The van der Waals surface area contributed by atoms with Crippen LogP contribution in [0.4, 0.5) is 0 Å². The Balaban J connectivity index is 1.26. The molecule has 2 heterocycles. The number of hydrogen-bond donors (Lipinski definition) is 1. The maximum atomic E-state index is 13.0. The summed E-state index contributed by atoms with van der Waals surface area (Å²) in [6, 6.07) is 0.868. The van der Waals surface area contributed by atoms with E-state index in [1.54, 1.807) is 0 Å². The summed E-state index contributed by atoms with van der Waals surface area (Å²) in [7, 11) is 4.97. The average Bonchev–Trinajstić information content (AvgIpc) is 3.24. The van der Waals surface area contributed by atoms with E-state index in [0.717, 1.165) is 40.1 Å². The number of likely N-dealkylation sites (tertiary alicyclic amines) is 2. The van der Waals surface area contributed by atoms with Crippen molar-refractivity contribution >= 4 is 5.97 Å². The van der Waals surface area contributed by atoms with Gasteiger partial charge in [-0.05, 0) is 106 Å². The highest BCUT2D eigenvalue weighted by Gasteiger charge is 2.66. The summed E-state index contributed by atoms with van der Waals surface area (Å²) < 4.78 is 8.69. The Bertz CT molecular complexity index is 941. The number of aliphatic hydroxyl groups is 1. The van der Waals surface area contributed by atoms with Crippen molar-refractivity contribution in [2.75, 3.05) is 40.3 Å². The number of piperidine rings is 2. The zero-order chi connectivity index (χ0) is 29.0. The molecule has 5 nitrogen and oxygen atoms in total. The Kier molecular flexibility index (Phi) is 8.42. The van der Waals surface area contributed by atoms with Crippen molar-refractivity contribution in [2.45, 2.75) is 148 Å². The molecule has 0 bridgehead atoms. The van der Waals surface area contributed by atoms with E-state index >= 15 is 0 Å². The minimum absolute atomic E-state index is 0.0523. The lowest BCUT2D eigenvalue weighted by Gasteiger charge is -2.63. The molecular weight excluding hydrogens is 508 g/mol. The van der Waals surface area contributed by atoms with Crippen molar-refractivity contribution in [3.8, 4) is 0 Å². The van der Waals surface area contributed by atoms with Crippen LogP contribution in [0.3, 0.4) is 0 Å². The molecule has 2 saturated heterocycles. The van der Waals surface area contributed by atoms with Crippen molar-refractivity contribution in [1.29, 1.82) is 0 Å². The zero-order valence-electron chi connectivity index (χ0n) is 27.4. The third-order valence-electron chi connectivity index (χ3n) is 14.9. The Morgan fingerprint density at radius 3 is 2.10 bits per heavy atom. The Morgan fingerprint density at radius 2 is 1.46 bits per heavy atom. The molecule has 0 radical (unpaired) electrons. The molecule has 2 unspecified atom stereocenters. The molecule has 0 aromatic heterocycles.